The van der Waals surface area contributed by atoms with Gasteiger partial charge < -0.3 is 4.74 Å². The van der Waals surface area contributed by atoms with E-state index < -0.39 is 0 Å². The first-order chi connectivity index (χ1) is 5.84. The van der Waals surface area contributed by atoms with Crippen molar-refractivity contribution in [2.75, 3.05) is 6.61 Å². The van der Waals surface area contributed by atoms with Crippen molar-refractivity contribution >= 4 is 0 Å². The average molecular weight is 163 g/mol. The van der Waals surface area contributed by atoms with Crippen LogP contribution in [0.5, 0.6) is 5.75 Å². The molecule has 1 nitrogen and oxygen atoms in total. The van der Waals surface area contributed by atoms with Crippen molar-refractivity contribution < 1.29 is 4.74 Å². The van der Waals surface area contributed by atoms with E-state index in [1.54, 1.807) is 0 Å². The van der Waals surface area contributed by atoms with E-state index in [4.69, 9.17) is 4.74 Å². The van der Waals surface area contributed by atoms with Gasteiger partial charge in [0.05, 0.1) is 6.61 Å². The summed E-state index contributed by atoms with van der Waals surface area (Å²) in [7, 11) is 0. The van der Waals surface area contributed by atoms with E-state index in [-0.39, 0.29) is 0 Å². The Morgan fingerprint density at radius 3 is 3.00 bits per heavy atom. The summed E-state index contributed by atoms with van der Waals surface area (Å²) in [6, 6.07) is 8.80. The molecule has 0 N–H and O–H groups in total. The van der Waals surface area contributed by atoms with Gasteiger partial charge in [0.15, 0.2) is 0 Å². The summed E-state index contributed by atoms with van der Waals surface area (Å²) in [5, 5.41) is 0. The average Bonchev–Trinajstić information content (AvgIpc) is 2.09. The molecule has 1 rings (SSSR count). The number of unbranched alkanes of at least 4 members (excludes halogenated alkanes) is 1. The molecule has 0 heterocycles. The highest BCUT2D eigenvalue weighted by molar-refractivity contribution is 5.31. The number of hydrogen-bond donors (Lipinski definition) is 0. The van der Waals surface area contributed by atoms with E-state index in [2.05, 4.69) is 13.0 Å². The minimum absolute atomic E-state index is 0.821. The summed E-state index contributed by atoms with van der Waals surface area (Å²) in [5.41, 5.74) is 1.16. The molecule has 0 aliphatic heterocycles. The minimum Gasteiger partial charge on any atom is -0.493 e. The highest BCUT2D eigenvalue weighted by Gasteiger charge is 1.95. The van der Waals surface area contributed by atoms with Crippen LogP contribution in [0.25, 0.3) is 0 Å². The smallest absolute Gasteiger partial charge is 0.122 e. The number of rotatable bonds is 4. The molecular formula is C11H15O. The molecule has 0 atom stereocenters. The Bertz CT molecular complexity index is 230. The van der Waals surface area contributed by atoms with Crippen LogP contribution in [0.4, 0.5) is 0 Å². The fourth-order valence-corrected chi connectivity index (χ4v) is 0.988. The van der Waals surface area contributed by atoms with Crippen LogP contribution in [-0.2, 0) is 0 Å². The van der Waals surface area contributed by atoms with Crippen molar-refractivity contribution in [2.24, 2.45) is 0 Å². The molecule has 0 spiro atoms. The molecule has 0 aliphatic rings. The SMILES string of the molecule is CCCCOc1cc[c]cc1C. The lowest BCUT2D eigenvalue weighted by Crippen LogP contribution is -1.97. The maximum Gasteiger partial charge on any atom is 0.122 e. The van der Waals surface area contributed by atoms with Crippen molar-refractivity contribution in [2.45, 2.75) is 26.7 Å². The number of hydrogen-bond acceptors (Lipinski definition) is 1. The lowest BCUT2D eigenvalue weighted by molar-refractivity contribution is 0.307. The Hall–Kier alpha value is -0.980. The fourth-order valence-electron chi connectivity index (χ4n) is 0.988. The van der Waals surface area contributed by atoms with Crippen molar-refractivity contribution in [1.29, 1.82) is 0 Å². The molecule has 0 unspecified atom stereocenters. The molecule has 0 amide bonds. The number of benzene rings is 1. The molecule has 0 aliphatic carbocycles. The first-order valence-electron chi connectivity index (χ1n) is 4.44. The van der Waals surface area contributed by atoms with Crippen LogP contribution in [-0.4, -0.2) is 6.61 Å². The van der Waals surface area contributed by atoms with Gasteiger partial charge in [0, 0.05) is 0 Å². The lowest BCUT2D eigenvalue weighted by Gasteiger charge is -2.06. The second kappa shape index (κ2) is 4.81. The zero-order valence-electron chi connectivity index (χ0n) is 7.76. The third-order valence-electron chi connectivity index (χ3n) is 1.77. The maximum absolute atomic E-state index is 5.56. The summed E-state index contributed by atoms with van der Waals surface area (Å²) in [6.07, 6.45) is 2.30. The van der Waals surface area contributed by atoms with E-state index >= 15 is 0 Å². The first-order valence-corrected chi connectivity index (χ1v) is 4.44. The Kier molecular flexibility index (Phi) is 3.65. The van der Waals surface area contributed by atoms with Crippen LogP contribution >= 0.6 is 0 Å². The summed E-state index contributed by atoms with van der Waals surface area (Å²) in [4.78, 5) is 0. The molecule has 0 bridgehead atoms. The van der Waals surface area contributed by atoms with Crippen molar-refractivity contribution in [3.8, 4) is 5.75 Å². The predicted molar refractivity (Wildman–Crippen MR) is 50.4 cm³/mol. The summed E-state index contributed by atoms with van der Waals surface area (Å²) < 4.78 is 5.56. The van der Waals surface area contributed by atoms with Crippen LogP contribution in [0.1, 0.15) is 25.3 Å². The van der Waals surface area contributed by atoms with Gasteiger partial charge in [-0.1, -0.05) is 19.4 Å². The van der Waals surface area contributed by atoms with Gasteiger partial charge in [-0.25, -0.2) is 0 Å². The van der Waals surface area contributed by atoms with E-state index in [9.17, 15) is 0 Å². The van der Waals surface area contributed by atoms with E-state index in [1.165, 1.54) is 6.42 Å². The molecule has 0 saturated heterocycles. The molecular weight excluding hydrogens is 148 g/mol. The lowest BCUT2D eigenvalue weighted by atomic mass is 10.2. The fraction of sp³-hybridized carbons (Fsp3) is 0.455. The third kappa shape index (κ3) is 2.57. The van der Waals surface area contributed by atoms with E-state index in [0.29, 0.717) is 0 Å². The zero-order chi connectivity index (χ0) is 8.81. The van der Waals surface area contributed by atoms with Gasteiger partial charge in [-0.3, -0.25) is 0 Å². The van der Waals surface area contributed by atoms with Crippen LogP contribution in [0.3, 0.4) is 0 Å². The second-order valence-corrected chi connectivity index (χ2v) is 2.89. The maximum atomic E-state index is 5.56. The topological polar surface area (TPSA) is 9.23 Å². The van der Waals surface area contributed by atoms with Crippen molar-refractivity contribution in [1.82, 2.24) is 0 Å². The molecule has 0 fully saturated rings. The largest absolute Gasteiger partial charge is 0.493 e. The first kappa shape index (κ1) is 9.11. The summed E-state index contributed by atoms with van der Waals surface area (Å²) in [6.45, 7) is 5.02. The number of aryl methyl sites for hydroxylation is 1. The van der Waals surface area contributed by atoms with Gasteiger partial charge in [-0.05, 0) is 37.1 Å². The Balaban J connectivity index is 2.46. The minimum atomic E-state index is 0.821. The van der Waals surface area contributed by atoms with Gasteiger partial charge in [0.1, 0.15) is 5.75 Å². The van der Waals surface area contributed by atoms with Gasteiger partial charge in [0.25, 0.3) is 0 Å². The molecule has 12 heavy (non-hydrogen) atoms. The van der Waals surface area contributed by atoms with Gasteiger partial charge >= 0.3 is 0 Å². The van der Waals surface area contributed by atoms with Gasteiger partial charge in [-0.15, -0.1) is 0 Å². The Morgan fingerprint density at radius 1 is 1.50 bits per heavy atom. The molecule has 1 radical (unpaired) electrons. The molecule has 1 aromatic rings. The Labute approximate surface area is 74.4 Å². The highest BCUT2D eigenvalue weighted by atomic mass is 16.5. The second-order valence-electron chi connectivity index (χ2n) is 2.89. The third-order valence-corrected chi connectivity index (χ3v) is 1.77. The normalized spacial score (nSPS) is 9.83. The highest BCUT2D eigenvalue weighted by Crippen LogP contribution is 2.15. The summed E-state index contributed by atoms with van der Waals surface area (Å²) in [5.74, 6) is 0.988. The van der Waals surface area contributed by atoms with Crippen LogP contribution in [0.2, 0.25) is 0 Å². The van der Waals surface area contributed by atoms with Gasteiger partial charge in [-0.2, -0.15) is 0 Å². The van der Waals surface area contributed by atoms with Crippen molar-refractivity contribution in [3.05, 3.63) is 29.8 Å². The molecule has 65 valence electrons. The predicted octanol–water partition coefficient (Wildman–Crippen LogP) is 2.97. The summed E-state index contributed by atoms with van der Waals surface area (Å²) >= 11 is 0. The standard InChI is InChI=1S/C11H15O/c1-3-4-9-12-11-8-6-5-7-10(11)2/h6-8H,3-4,9H2,1-2H3. The monoisotopic (exact) mass is 163 g/mol. The van der Waals surface area contributed by atoms with Gasteiger partial charge in [0.2, 0.25) is 0 Å². The Morgan fingerprint density at radius 2 is 2.33 bits per heavy atom. The van der Waals surface area contributed by atoms with Crippen LogP contribution in [0.15, 0.2) is 18.2 Å². The molecule has 1 aromatic carbocycles. The quantitative estimate of drug-likeness (QED) is 0.620. The van der Waals surface area contributed by atoms with E-state index in [1.807, 2.05) is 25.1 Å². The molecule has 0 saturated carbocycles. The van der Waals surface area contributed by atoms with Crippen molar-refractivity contribution in [3.63, 3.8) is 0 Å². The zero-order valence-corrected chi connectivity index (χ0v) is 7.76. The molecule has 1 heteroatoms. The molecule has 0 aromatic heterocycles. The van der Waals surface area contributed by atoms with E-state index in [0.717, 1.165) is 24.3 Å². The number of ether oxygens (including phenoxy) is 1. The van der Waals surface area contributed by atoms with Crippen LogP contribution < -0.4 is 4.74 Å². The van der Waals surface area contributed by atoms with Crippen LogP contribution in [0, 0.1) is 13.0 Å².